The molecular weight excluding hydrogens is 208 g/mol. The SMILES string of the molecule is CC(C)SCc1snnc1C(=O)O. The Kier molecular flexibility index (Phi) is 3.68. The highest BCUT2D eigenvalue weighted by Gasteiger charge is 2.14. The van der Waals surface area contributed by atoms with Crippen molar-refractivity contribution in [2.24, 2.45) is 0 Å². The van der Waals surface area contributed by atoms with Crippen LogP contribution in [0.5, 0.6) is 0 Å². The fourth-order valence-corrected chi connectivity index (χ4v) is 2.18. The molecule has 0 bridgehead atoms. The Bertz CT molecular complexity index is 298. The van der Waals surface area contributed by atoms with Crippen LogP contribution in [-0.4, -0.2) is 25.9 Å². The summed E-state index contributed by atoms with van der Waals surface area (Å²) < 4.78 is 3.62. The average Bonchev–Trinajstić information content (AvgIpc) is 2.47. The molecule has 1 aromatic heterocycles. The van der Waals surface area contributed by atoms with E-state index in [4.69, 9.17) is 5.11 Å². The van der Waals surface area contributed by atoms with Crippen LogP contribution in [0.2, 0.25) is 0 Å². The Labute approximate surface area is 84.5 Å². The Morgan fingerprint density at radius 2 is 2.38 bits per heavy atom. The van der Waals surface area contributed by atoms with Gasteiger partial charge in [-0.15, -0.1) is 5.10 Å². The molecule has 0 aliphatic rings. The van der Waals surface area contributed by atoms with E-state index in [0.29, 0.717) is 11.0 Å². The Balaban J connectivity index is 2.65. The third-order valence-electron chi connectivity index (χ3n) is 1.31. The van der Waals surface area contributed by atoms with E-state index in [1.807, 2.05) is 0 Å². The van der Waals surface area contributed by atoms with Crippen molar-refractivity contribution < 1.29 is 9.90 Å². The van der Waals surface area contributed by atoms with Crippen molar-refractivity contribution in [3.63, 3.8) is 0 Å². The van der Waals surface area contributed by atoms with Gasteiger partial charge in [-0.1, -0.05) is 18.3 Å². The van der Waals surface area contributed by atoms with E-state index in [1.165, 1.54) is 0 Å². The molecule has 0 spiro atoms. The molecule has 1 rings (SSSR count). The molecule has 1 heterocycles. The standard InChI is InChI=1S/C7H10N2O2S2/c1-4(2)12-3-5-6(7(10)11)8-9-13-5/h4H,3H2,1-2H3,(H,10,11). The molecule has 72 valence electrons. The first-order valence-electron chi connectivity index (χ1n) is 3.77. The molecule has 0 unspecified atom stereocenters. The van der Waals surface area contributed by atoms with Gasteiger partial charge in [0.25, 0.3) is 0 Å². The van der Waals surface area contributed by atoms with Crippen LogP contribution in [-0.2, 0) is 5.75 Å². The van der Waals surface area contributed by atoms with Crippen molar-refractivity contribution in [3.8, 4) is 0 Å². The van der Waals surface area contributed by atoms with Crippen LogP contribution in [0.1, 0.15) is 29.2 Å². The first-order chi connectivity index (χ1) is 6.11. The minimum atomic E-state index is -0.992. The van der Waals surface area contributed by atoms with E-state index in [-0.39, 0.29) is 5.69 Å². The molecule has 0 aliphatic carbocycles. The lowest BCUT2D eigenvalue weighted by atomic mass is 10.4. The van der Waals surface area contributed by atoms with Crippen molar-refractivity contribution >= 4 is 29.3 Å². The normalized spacial score (nSPS) is 10.7. The van der Waals surface area contributed by atoms with Gasteiger partial charge in [-0.2, -0.15) is 11.8 Å². The van der Waals surface area contributed by atoms with Gasteiger partial charge in [-0.3, -0.25) is 0 Å². The maximum Gasteiger partial charge on any atom is 0.357 e. The average molecular weight is 218 g/mol. The summed E-state index contributed by atoms with van der Waals surface area (Å²) in [6.07, 6.45) is 0. The van der Waals surface area contributed by atoms with Gasteiger partial charge in [0.15, 0.2) is 5.69 Å². The van der Waals surface area contributed by atoms with Crippen LogP contribution in [0, 0.1) is 0 Å². The number of nitrogens with zero attached hydrogens (tertiary/aromatic N) is 2. The van der Waals surface area contributed by atoms with E-state index in [9.17, 15) is 4.79 Å². The largest absolute Gasteiger partial charge is 0.476 e. The van der Waals surface area contributed by atoms with Crippen LogP contribution in [0.4, 0.5) is 0 Å². The highest BCUT2D eigenvalue weighted by molar-refractivity contribution is 7.99. The molecule has 0 aliphatic heterocycles. The second-order valence-electron chi connectivity index (χ2n) is 2.71. The zero-order valence-corrected chi connectivity index (χ0v) is 8.98. The highest BCUT2D eigenvalue weighted by Crippen LogP contribution is 2.21. The summed E-state index contributed by atoms with van der Waals surface area (Å²) in [7, 11) is 0. The lowest BCUT2D eigenvalue weighted by molar-refractivity contribution is 0.0689. The van der Waals surface area contributed by atoms with Crippen molar-refractivity contribution in [2.75, 3.05) is 0 Å². The zero-order chi connectivity index (χ0) is 9.84. The molecule has 13 heavy (non-hydrogen) atoms. The number of thioether (sulfide) groups is 1. The second kappa shape index (κ2) is 4.57. The first-order valence-corrected chi connectivity index (χ1v) is 5.59. The summed E-state index contributed by atoms with van der Waals surface area (Å²) >= 11 is 2.84. The predicted octanol–water partition coefficient (Wildman–Crippen LogP) is 1.88. The number of carboxylic acid groups (broad SMARTS) is 1. The van der Waals surface area contributed by atoms with Crippen LogP contribution >= 0.6 is 23.3 Å². The molecule has 0 fully saturated rings. The van der Waals surface area contributed by atoms with E-state index in [0.717, 1.165) is 16.4 Å². The number of carboxylic acids is 1. The van der Waals surface area contributed by atoms with E-state index >= 15 is 0 Å². The van der Waals surface area contributed by atoms with E-state index < -0.39 is 5.97 Å². The van der Waals surface area contributed by atoms with Crippen LogP contribution in [0.15, 0.2) is 0 Å². The van der Waals surface area contributed by atoms with Gasteiger partial charge in [0.05, 0.1) is 4.88 Å². The molecule has 1 N–H and O–H groups in total. The van der Waals surface area contributed by atoms with Crippen LogP contribution < -0.4 is 0 Å². The summed E-state index contributed by atoms with van der Waals surface area (Å²) in [5, 5.41) is 12.8. The molecular formula is C7H10N2O2S2. The number of hydrogen-bond donors (Lipinski definition) is 1. The van der Waals surface area contributed by atoms with E-state index in [2.05, 4.69) is 23.4 Å². The third kappa shape index (κ3) is 2.96. The third-order valence-corrected chi connectivity index (χ3v) is 3.33. The molecule has 0 radical (unpaired) electrons. The highest BCUT2D eigenvalue weighted by atomic mass is 32.2. The van der Waals surface area contributed by atoms with Gasteiger partial charge in [0.2, 0.25) is 0 Å². The molecule has 0 amide bonds. The minimum absolute atomic E-state index is 0.0955. The summed E-state index contributed by atoms with van der Waals surface area (Å²) in [5.74, 6) is -0.315. The zero-order valence-electron chi connectivity index (χ0n) is 7.35. The molecule has 4 nitrogen and oxygen atoms in total. The number of aromatic nitrogens is 2. The number of hydrogen-bond acceptors (Lipinski definition) is 5. The fourth-order valence-electron chi connectivity index (χ4n) is 0.709. The first kappa shape index (κ1) is 10.5. The summed E-state index contributed by atoms with van der Waals surface area (Å²) in [5.41, 5.74) is 0.0955. The number of carbonyl (C=O) groups is 1. The summed E-state index contributed by atoms with van der Waals surface area (Å²) in [6.45, 7) is 4.14. The topological polar surface area (TPSA) is 63.1 Å². The van der Waals surface area contributed by atoms with Gasteiger partial charge < -0.3 is 5.11 Å². The quantitative estimate of drug-likeness (QED) is 0.836. The molecule has 0 atom stereocenters. The van der Waals surface area contributed by atoms with Crippen molar-refractivity contribution in [1.82, 2.24) is 9.59 Å². The second-order valence-corrected chi connectivity index (χ2v) is 5.11. The predicted molar refractivity (Wildman–Crippen MR) is 53.3 cm³/mol. The fraction of sp³-hybridized carbons (Fsp3) is 0.571. The Morgan fingerprint density at radius 1 is 1.69 bits per heavy atom. The maximum atomic E-state index is 10.6. The van der Waals surface area contributed by atoms with Gasteiger partial charge in [0, 0.05) is 5.75 Å². The van der Waals surface area contributed by atoms with Gasteiger partial charge >= 0.3 is 5.97 Å². The number of aromatic carboxylic acids is 1. The van der Waals surface area contributed by atoms with Gasteiger partial charge in [-0.25, -0.2) is 4.79 Å². The van der Waals surface area contributed by atoms with Crippen molar-refractivity contribution in [1.29, 1.82) is 0 Å². The van der Waals surface area contributed by atoms with Gasteiger partial charge in [0.1, 0.15) is 0 Å². The molecule has 1 aromatic rings. The summed E-state index contributed by atoms with van der Waals surface area (Å²) in [4.78, 5) is 11.4. The lowest BCUT2D eigenvalue weighted by Gasteiger charge is -2.01. The van der Waals surface area contributed by atoms with Crippen LogP contribution in [0.3, 0.4) is 0 Å². The molecule has 0 aromatic carbocycles. The smallest absolute Gasteiger partial charge is 0.357 e. The summed E-state index contributed by atoms with van der Waals surface area (Å²) in [6, 6.07) is 0. The lowest BCUT2D eigenvalue weighted by Crippen LogP contribution is -2.00. The number of rotatable bonds is 4. The maximum absolute atomic E-state index is 10.6. The van der Waals surface area contributed by atoms with Crippen molar-refractivity contribution in [2.45, 2.75) is 24.9 Å². The monoisotopic (exact) mass is 218 g/mol. The Hall–Kier alpha value is -0.620. The Morgan fingerprint density at radius 3 is 2.92 bits per heavy atom. The molecule has 6 heteroatoms. The molecule has 0 saturated carbocycles. The van der Waals surface area contributed by atoms with Crippen LogP contribution in [0.25, 0.3) is 0 Å². The van der Waals surface area contributed by atoms with Gasteiger partial charge in [-0.05, 0) is 16.8 Å². The van der Waals surface area contributed by atoms with Crippen molar-refractivity contribution in [3.05, 3.63) is 10.6 Å². The minimum Gasteiger partial charge on any atom is -0.476 e. The molecule has 0 saturated heterocycles. The van der Waals surface area contributed by atoms with E-state index in [1.54, 1.807) is 11.8 Å².